The number of fused-ring (bicyclic) bond motifs is 1. The van der Waals surface area contributed by atoms with Crippen LogP contribution in [0.2, 0.25) is 0 Å². The Morgan fingerprint density at radius 1 is 1.00 bits per heavy atom. The molecule has 2 aliphatic rings. The zero-order valence-electron chi connectivity index (χ0n) is 18.3. The lowest BCUT2D eigenvalue weighted by atomic mass is 9.97. The SMILES string of the molecule is CC1CCN(c2nc(-c3ccccc3)nc3c2CN(C(=O)c2cccc(F)c2)CC3)CC1. The molecule has 0 radical (unpaired) electrons. The molecule has 0 spiro atoms. The maximum Gasteiger partial charge on any atom is 0.254 e. The van der Waals surface area contributed by atoms with E-state index >= 15 is 0 Å². The average molecular weight is 431 g/mol. The largest absolute Gasteiger partial charge is 0.356 e. The molecule has 1 aromatic heterocycles. The van der Waals surface area contributed by atoms with Crippen molar-refractivity contribution in [1.82, 2.24) is 14.9 Å². The van der Waals surface area contributed by atoms with Crippen LogP contribution in [0.3, 0.4) is 0 Å². The van der Waals surface area contributed by atoms with Gasteiger partial charge in [-0.2, -0.15) is 0 Å². The highest BCUT2D eigenvalue weighted by Gasteiger charge is 2.29. The number of anilines is 1. The number of piperidine rings is 1. The Kier molecular flexibility index (Phi) is 5.60. The fourth-order valence-electron chi connectivity index (χ4n) is 4.57. The zero-order valence-corrected chi connectivity index (χ0v) is 18.3. The maximum absolute atomic E-state index is 13.7. The lowest BCUT2D eigenvalue weighted by Gasteiger charge is -2.36. The van der Waals surface area contributed by atoms with Crippen molar-refractivity contribution < 1.29 is 9.18 Å². The third kappa shape index (κ3) is 4.09. The number of carbonyl (C=O) groups is 1. The van der Waals surface area contributed by atoms with Crippen molar-refractivity contribution in [3.63, 3.8) is 0 Å². The van der Waals surface area contributed by atoms with Crippen LogP contribution in [-0.2, 0) is 13.0 Å². The normalized spacial score (nSPS) is 16.7. The number of halogens is 1. The Morgan fingerprint density at radius 2 is 1.78 bits per heavy atom. The van der Waals surface area contributed by atoms with E-state index in [1.165, 1.54) is 12.1 Å². The number of aromatic nitrogens is 2. The monoisotopic (exact) mass is 430 g/mol. The molecule has 2 aliphatic heterocycles. The van der Waals surface area contributed by atoms with Gasteiger partial charge >= 0.3 is 0 Å². The summed E-state index contributed by atoms with van der Waals surface area (Å²) in [6.45, 7) is 5.21. The molecular weight excluding hydrogens is 403 g/mol. The summed E-state index contributed by atoms with van der Waals surface area (Å²) in [6, 6.07) is 16.0. The summed E-state index contributed by atoms with van der Waals surface area (Å²) in [5.41, 5.74) is 3.41. The van der Waals surface area contributed by atoms with Crippen LogP contribution in [0.4, 0.5) is 10.2 Å². The Morgan fingerprint density at radius 3 is 2.53 bits per heavy atom. The molecule has 3 aromatic rings. The molecule has 5 nitrogen and oxygen atoms in total. The van der Waals surface area contributed by atoms with E-state index in [9.17, 15) is 9.18 Å². The second kappa shape index (κ2) is 8.69. The molecule has 3 heterocycles. The van der Waals surface area contributed by atoms with Gasteiger partial charge in [-0.1, -0.05) is 43.3 Å². The van der Waals surface area contributed by atoms with E-state index in [0.29, 0.717) is 31.0 Å². The van der Waals surface area contributed by atoms with E-state index < -0.39 is 5.82 Å². The first-order chi connectivity index (χ1) is 15.6. The lowest BCUT2D eigenvalue weighted by molar-refractivity contribution is 0.0733. The molecule has 0 bridgehead atoms. The third-order valence-electron chi connectivity index (χ3n) is 6.51. The molecule has 0 atom stereocenters. The fraction of sp³-hybridized carbons (Fsp3) is 0.346. The van der Waals surface area contributed by atoms with Gasteiger partial charge in [0.2, 0.25) is 0 Å². The van der Waals surface area contributed by atoms with Gasteiger partial charge in [0.25, 0.3) is 5.91 Å². The summed E-state index contributed by atoms with van der Waals surface area (Å²) in [4.78, 5) is 27.1. The summed E-state index contributed by atoms with van der Waals surface area (Å²) in [6.07, 6.45) is 2.92. The van der Waals surface area contributed by atoms with Crippen molar-refractivity contribution in [1.29, 1.82) is 0 Å². The van der Waals surface area contributed by atoms with Gasteiger partial charge in [0.05, 0.1) is 12.2 Å². The van der Waals surface area contributed by atoms with Crippen molar-refractivity contribution in [2.45, 2.75) is 32.7 Å². The Labute approximate surface area is 187 Å². The van der Waals surface area contributed by atoms with E-state index in [1.807, 2.05) is 30.3 Å². The third-order valence-corrected chi connectivity index (χ3v) is 6.51. The molecule has 1 amide bonds. The van der Waals surface area contributed by atoms with Gasteiger partial charge in [0, 0.05) is 42.7 Å². The van der Waals surface area contributed by atoms with E-state index in [0.717, 1.165) is 54.4 Å². The van der Waals surface area contributed by atoms with Crippen LogP contribution in [0, 0.1) is 11.7 Å². The van der Waals surface area contributed by atoms with Crippen molar-refractivity contribution >= 4 is 11.7 Å². The minimum atomic E-state index is -0.396. The molecule has 0 aliphatic carbocycles. The van der Waals surface area contributed by atoms with Gasteiger partial charge in [-0.15, -0.1) is 0 Å². The minimum absolute atomic E-state index is 0.152. The summed E-state index contributed by atoms with van der Waals surface area (Å²) >= 11 is 0. The number of carbonyl (C=O) groups excluding carboxylic acids is 1. The Hall–Kier alpha value is -3.28. The second-order valence-corrected chi connectivity index (χ2v) is 8.82. The van der Waals surface area contributed by atoms with Crippen LogP contribution in [0.15, 0.2) is 54.6 Å². The van der Waals surface area contributed by atoms with Gasteiger partial charge in [0.15, 0.2) is 5.82 Å². The molecule has 164 valence electrons. The molecule has 5 rings (SSSR count). The van der Waals surface area contributed by atoms with Gasteiger partial charge in [-0.3, -0.25) is 4.79 Å². The lowest BCUT2D eigenvalue weighted by Crippen LogP contribution is -2.40. The van der Waals surface area contributed by atoms with Gasteiger partial charge in [0.1, 0.15) is 11.6 Å². The topological polar surface area (TPSA) is 49.3 Å². The van der Waals surface area contributed by atoms with Crippen LogP contribution >= 0.6 is 0 Å². The predicted octanol–water partition coefficient (Wildman–Crippen LogP) is 4.72. The first-order valence-electron chi connectivity index (χ1n) is 11.3. The van der Waals surface area contributed by atoms with Crippen LogP contribution in [0.5, 0.6) is 0 Å². The number of rotatable bonds is 3. The van der Waals surface area contributed by atoms with E-state index in [1.54, 1.807) is 17.0 Å². The van der Waals surface area contributed by atoms with Crippen LogP contribution in [0.1, 0.15) is 41.4 Å². The predicted molar refractivity (Wildman–Crippen MR) is 123 cm³/mol. The maximum atomic E-state index is 13.7. The summed E-state index contributed by atoms with van der Waals surface area (Å²) in [5, 5.41) is 0. The molecule has 0 unspecified atom stereocenters. The number of amides is 1. The van der Waals surface area contributed by atoms with E-state index in [4.69, 9.17) is 9.97 Å². The van der Waals surface area contributed by atoms with Gasteiger partial charge < -0.3 is 9.80 Å². The molecule has 1 saturated heterocycles. The quantitative estimate of drug-likeness (QED) is 0.603. The highest BCUT2D eigenvalue weighted by atomic mass is 19.1. The first-order valence-corrected chi connectivity index (χ1v) is 11.3. The first kappa shape index (κ1) is 20.6. The summed E-state index contributed by atoms with van der Waals surface area (Å²) in [7, 11) is 0. The molecule has 1 fully saturated rings. The molecule has 6 heteroatoms. The fourth-order valence-corrected chi connectivity index (χ4v) is 4.57. The van der Waals surface area contributed by atoms with E-state index in [-0.39, 0.29) is 5.91 Å². The van der Waals surface area contributed by atoms with E-state index in [2.05, 4.69) is 11.8 Å². The Bertz CT molecular complexity index is 1130. The van der Waals surface area contributed by atoms with Crippen molar-refractivity contribution in [2.75, 3.05) is 24.5 Å². The van der Waals surface area contributed by atoms with Gasteiger partial charge in [-0.25, -0.2) is 14.4 Å². The molecule has 0 saturated carbocycles. The molecular formula is C26H27FN4O. The highest BCUT2D eigenvalue weighted by molar-refractivity contribution is 5.94. The summed E-state index contributed by atoms with van der Waals surface area (Å²) in [5.74, 6) is 1.84. The van der Waals surface area contributed by atoms with Crippen molar-refractivity contribution in [3.8, 4) is 11.4 Å². The van der Waals surface area contributed by atoms with Crippen molar-refractivity contribution in [3.05, 3.63) is 77.2 Å². The highest BCUT2D eigenvalue weighted by Crippen LogP contribution is 2.32. The summed E-state index contributed by atoms with van der Waals surface area (Å²) < 4.78 is 13.7. The second-order valence-electron chi connectivity index (χ2n) is 8.82. The number of hydrogen-bond acceptors (Lipinski definition) is 4. The van der Waals surface area contributed by atoms with Crippen LogP contribution < -0.4 is 4.90 Å². The molecule has 32 heavy (non-hydrogen) atoms. The average Bonchev–Trinajstić information content (AvgIpc) is 2.83. The van der Waals surface area contributed by atoms with Crippen LogP contribution in [-0.4, -0.2) is 40.4 Å². The standard InChI is InChI=1S/C26H27FN4O/c1-18-10-13-30(14-11-18)25-22-17-31(26(32)20-8-5-9-21(27)16-20)15-12-23(22)28-24(29-25)19-6-3-2-4-7-19/h2-9,16,18H,10-15,17H2,1H3. The zero-order chi connectivity index (χ0) is 22.1. The van der Waals surface area contributed by atoms with Crippen LogP contribution in [0.25, 0.3) is 11.4 Å². The number of benzene rings is 2. The number of nitrogens with zero attached hydrogens (tertiary/aromatic N) is 4. The Balaban J connectivity index is 1.51. The minimum Gasteiger partial charge on any atom is -0.356 e. The van der Waals surface area contributed by atoms with Gasteiger partial charge in [-0.05, 0) is 37.0 Å². The number of hydrogen-bond donors (Lipinski definition) is 0. The molecule has 0 N–H and O–H groups in total. The molecule has 2 aromatic carbocycles. The van der Waals surface area contributed by atoms with Crippen molar-refractivity contribution in [2.24, 2.45) is 5.92 Å². The smallest absolute Gasteiger partial charge is 0.254 e.